The van der Waals surface area contributed by atoms with Gasteiger partial charge in [-0.3, -0.25) is 9.78 Å². The highest BCUT2D eigenvalue weighted by atomic mass is 32.1. The SMILES string of the molecule is CN(C)C(CNC(=O)c1c2c(nc3ccccc13)CCC2)c1cccs1. The summed E-state index contributed by atoms with van der Waals surface area (Å²) >= 11 is 1.73. The van der Waals surface area contributed by atoms with Crippen LogP contribution in [0.5, 0.6) is 0 Å². The third-order valence-corrected chi connectivity index (χ3v) is 6.07. The van der Waals surface area contributed by atoms with Gasteiger partial charge in [-0.1, -0.05) is 24.3 Å². The number of benzene rings is 1. The third-order valence-electron chi connectivity index (χ3n) is 5.10. The number of aromatic nitrogens is 1. The fourth-order valence-corrected chi connectivity index (χ4v) is 4.69. The molecule has 4 rings (SSSR count). The molecule has 1 unspecified atom stereocenters. The van der Waals surface area contributed by atoms with Gasteiger partial charge in [0.2, 0.25) is 0 Å². The Morgan fingerprint density at radius 1 is 1.23 bits per heavy atom. The maximum Gasteiger partial charge on any atom is 0.252 e. The summed E-state index contributed by atoms with van der Waals surface area (Å²) in [7, 11) is 4.10. The molecule has 3 aromatic rings. The number of fused-ring (bicyclic) bond motifs is 2. The fourth-order valence-electron chi connectivity index (χ4n) is 3.77. The van der Waals surface area contributed by atoms with Crippen LogP contribution in [-0.4, -0.2) is 36.4 Å². The first-order chi connectivity index (χ1) is 12.6. The van der Waals surface area contributed by atoms with Crippen molar-refractivity contribution in [2.45, 2.75) is 25.3 Å². The number of rotatable bonds is 5. The summed E-state index contributed by atoms with van der Waals surface area (Å²) in [5, 5.41) is 6.23. The molecule has 0 fully saturated rings. The molecule has 134 valence electrons. The number of thiophene rings is 1. The van der Waals surface area contributed by atoms with Gasteiger partial charge in [-0.25, -0.2) is 0 Å². The van der Waals surface area contributed by atoms with Gasteiger partial charge < -0.3 is 10.2 Å². The Morgan fingerprint density at radius 2 is 2.08 bits per heavy atom. The molecule has 4 nitrogen and oxygen atoms in total. The number of likely N-dealkylation sites (N-methyl/N-ethyl adjacent to an activating group) is 1. The molecule has 0 aliphatic heterocycles. The van der Waals surface area contributed by atoms with Crippen LogP contribution in [0.15, 0.2) is 41.8 Å². The Balaban J connectivity index is 1.64. The Bertz CT molecular complexity index is 934. The van der Waals surface area contributed by atoms with Crippen LogP contribution >= 0.6 is 11.3 Å². The predicted molar refractivity (Wildman–Crippen MR) is 107 cm³/mol. The lowest BCUT2D eigenvalue weighted by atomic mass is 10.0. The monoisotopic (exact) mass is 365 g/mol. The predicted octanol–water partition coefficient (Wildman–Crippen LogP) is 3.82. The molecule has 1 atom stereocenters. The molecular formula is C21H23N3OS. The van der Waals surface area contributed by atoms with E-state index < -0.39 is 0 Å². The van der Waals surface area contributed by atoms with Gasteiger partial charge in [-0.15, -0.1) is 11.3 Å². The molecule has 2 aromatic heterocycles. The van der Waals surface area contributed by atoms with Gasteiger partial charge in [0.15, 0.2) is 0 Å². The zero-order valence-electron chi connectivity index (χ0n) is 15.2. The summed E-state index contributed by atoms with van der Waals surface area (Å²) < 4.78 is 0. The van der Waals surface area contributed by atoms with Crippen molar-refractivity contribution in [1.82, 2.24) is 15.2 Å². The highest BCUT2D eigenvalue weighted by Crippen LogP contribution is 2.30. The molecule has 2 heterocycles. The fraction of sp³-hybridized carbons (Fsp3) is 0.333. The Hall–Kier alpha value is -2.24. The summed E-state index contributed by atoms with van der Waals surface area (Å²) in [4.78, 5) is 21.4. The highest BCUT2D eigenvalue weighted by molar-refractivity contribution is 7.10. The number of nitrogens with zero attached hydrogens (tertiary/aromatic N) is 2. The van der Waals surface area contributed by atoms with Crippen LogP contribution in [0.1, 0.15) is 39.0 Å². The van der Waals surface area contributed by atoms with E-state index in [1.807, 2.05) is 24.3 Å². The third kappa shape index (κ3) is 3.13. The van der Waals surface area contributed by atoms with Gasteiger partial charge >= 0.3 is 0 Å². The maximum absolute atomic E-state index is 13.2. The molecular weight excluding hydrogens is 342 g/mol. The Kier molecular flexibility index (Phi) is 4.74. The van der Waals surface area contributed by atoms with E-state index in [0.29, 0.717) is 6.54 Å². The second-order valence-corrected chi connectivity index (χ2v) is 7.97. The van der Waals surface area contributed by atoms with E-state index >= 15 is 0 Å². The van der Waals surface area contributed by atoms with Crippen LogP contribution in [0.3, 0.4) is 0 Å². The lowest BCUT2D eigenvalue weighted by molar-refractivity contribution is 0.0943. The lowest BCUT2D eigenvalue weighted by Gasteiger charge is -2.24. The quantitative estimate of drug-likeness (QED) is 0.748. The molecule has 26 heavy (non-hydrogen) atoms. The second kappa shape index (κ2) is 7.17. The molecule has 0 saturated carbocycles. The average Bonchev–Trinajstić information content (AvgIpc) is 3.30. The molecule has 1 aromatic carbocycles. The number of carbonyl (C=O) groups is 1. The molecule has 1 aliphatic carbocycles. The van der Waals surface area contributed by atoms with Gasteiger partial charge in [0.1, 0.15) is 0 Å². The normalized spacial score (nSPS) is 14.6. The van der Waals surface area contributed by atoms with E-state index in [4.69, 9.17) is 4.98 Å². The lowest BCUT2D eigenvalue weighted by Crippen LogP contribution is -2.34. The van der Waals surface area contributed by atoms with Crippen LogP contribution < -0.4 is 5.32 Å². The van der Waals surface area contributed by atoms with Crippen LogP contribution in [0.25, 0.3) is 10.9 Å². The number of hydrogen-bond acceptors (Lipinski definition) is 4. The minimum Gasteiger partial charge on any atom is -0.350 e. The van der Waals surface area contributed by atoms with Crippen LogP contribution in [0.2, 0.25) is 0 Å². The molecule has 0 bridgehead atoms. The molecule has 0 spiro atoms. The summed E-state index contributed by atoms with van der Waals surface area (Å²) in [5.41, 5.74) is 3.97. The molecule has 0 saturated heterocycles. The molecule has 1 aliphatic rings. The molecule has 5 heteroatoms. The number of pyridine rings is 1. The molecule has 1 amide bonds. The number of hydrogen-bond donors (Lipinski definition) is 1. The van der Waals surface area contributed by atoms with E-state index in [1.165, 1.54) is 4.88 Å². The van der Waals surface area contributed by atoms with Crippen molar-refractivity contribution in [3.63, 3.8) is 0 Å². The van der Waals surface area contributed by atoms with Crippen LogP contribution in [-0.2, 0) is 12.8 Å². The average molecular weight is 366 g/mol. The Labute approximate surface area is 157 Å². The highest BCUT2D eigenvalue weighted by Gasteiger charge is 2.24. The van der Waals surface area contributed by atoms with Crippen molar-refractivity contribution >= 4 is 28.1 Å². The summed E-state index contributed by atoms with van der Waals surface area (Å²) in [6.07, 6.45) is 2.99. The van der Waals surface area contributed by atoms with Gasteiger partial charge in [0.05, 0.1) is 17.1 Å². The minimum atomic E-state index is 0.0187. The van der Waals surface area contributed by atoms with Crippen LogP contribution in [0, 0.1) is 0 Å². The van der Waals surface area contributed by atoms with E-state index in [1.54, 1.807) is 11.3 Å². The zero-order valence-corrected chi connectivity index (χ0v) is 16.0. The number of carbonyl (C=O) groups excluding carboxylic acids is 1. The second-order valence-electron chi connectivity index (χ2n) is 6.99. The van der Waals surface area contributed by atoms with E-state index in [0.717, 1.165) is 47.0 Å². The first kappa shape index (κ1) is 17.2. The first-order valence-electron chi connectivity index (χ1n) is 9.03. The van der Waals surface area contributed by atoms with Crippen molar-refractivity contribution in [3.05, 3.63) is 63.5 Å². The van der Waals surface area contributed by atoms with Gasteiger partial charge in [-0.05, 0) is 56.4 Å². The number of aryl methyl sites for hydroxylation is 1. The van der Waals surface area contributed by atoms with E-state index in [9.17, 15) is 4.79 Å². The summed E-state index contributed by atoms with van der Waals surface area (Å²) in [6.45, 7) is 0.595. The van der Waals surface area contributed by atoms with Crippen molar-refractivity contribution in [1.29, 1.82) is 0 Å². The van der Waals surface area contributed by atoms with E-state index in [-0.39, 0.29) is 11.9 Å². The standard InChI is InChI=1S/C21H23N3OS/c1-24(2)18(19-11-6-12-26-19)13-22-21(25)20-14-7-3-4-9-16(14)23-17-10-5-8-15(17)20/h3-4,6-7,9,11-12,18H,5,8,10,13H2,1-2H3,(H,22,25). The molecule has 1 N–H and O–H groups in total. The zero-order chi connectivity index (χ0) is 18.1. The number of amides is 1. The van der Waals surface area contributed by atoms with Gasteiger partial charge in [-0.2, -0.15) is 0 Å². The number of nitrogens with one attached hydrogen (secondary N) is 1. The minimum absolute atomic E-state index is 0.0187. The number of para-hydroxylation sites is 1. The smallest absolute Gasteiger partial charge is 0.252 e. The molecule has 0 radical (unpaired) electrons. The van der Waals surface area contributed by atoms with Gasteiger partial charge in [0, 0.05) is 22.5 Å². The topological polar surface area (TPSA) is 45.2 Å². The largest absolute Gasteiger partial charge is 0.350 e. The summed E-state index contributed by atoms with van der Waals surface area (Å²) in [5.74, 6) is 0.0187. The Morgan fingerprint density at radius 3 is 2.85 bits per heavy atom. The van der Waals surface area contributed by atoms with Gasteiger partial charge in [0.25, 0.3) is 5.91 Å². The van der Waals surface area contributed by atoms with E-state index in [2.05, 4.69) is 41.8 Å². The van der Waals surface area contributed by atoms with Crippen LogP contribution in [0.4, 0.5) is 0 Å². The first-order valence-corrected chi connectivity index (χ1v) is 9.91. The summed E-state index contributed by atoms with van der Waals surface area (Å²) in [6, 6.07) is 12.3. The van der Waals surface area contributed by atoms with Crippen molar-refractivity contribution in [3.8, 4) is 0 Å². The maximum atomic E-state index is 13.2. The van der Waals surface area contributed by atoms with Crippen molar-refractivity contribution < 1.29 is 4.79 Å². The van der Waals surface area contributed by atoms with Crippen molar-refractivity contribution in [2.24, 2.45) is 0 Å². The van der Waals surface area contributed by atoms with Crippen molar-refractivity contribution in [2.75, 3.05) is 20.6 Å².